The zero-order valence-electron chi connectivity index (χ0n) is 26.3. The molecule has 0 bridgehead atoms. The molecule has 0 aliphatic carbocycles. The van der Waals surface area contributed by atoms with Gasteiger partial charge in [0.2, 0.25) is 5.95 Å². The molecule has 4 aromatic rings. The lowest BCUT2D eigenvalue weighted by Crippen LogP contribution is -2.41. The Balaban J connectivity index is 1.44. The molecule has 2 amide bonds. The zero-order chi connectivity index (χ0) is 31.6. The van der Waals surface area contributed by atoms with Gasteiger partial charge in [-0.05, 0) is 77.6 Å². The van der Waals surface area contributed by atoms with Gasteiger partial charge in [-0.15, -0.1) is 5.10 Å². The summed E-state index contributed by atoms with van der Waals surface area (Å²) < 4.78 is 9.06. The molecule has 1 aliphatic rings. The summed E-state index contributed by atoms with van der Waals surface area (Å²) in [7, 11) is 1.84. The number of hydrogen-bond donors (Lipinski definition) is 2. The van der Waals surface area contributed by atoms with Crippen LogP contribution in [-0.4, -0.2) is 70.3 Å². The van der Waals surface area contributed by atoms with Crippen molar-refractivity contribution in [2.24, 2.45) is 7.05 Å². The van der Waals surface area contributed by atoms with Crippen molar-refractivity contribution >= 4 is 23.6 Å². The van der Waals surface area contributed by atoms with Gasteiger partial charge in [-0.3, -0.25) is 9.48 Å². The van der Waals surface area contributed by atoms with Crippen LogP contribution in [0.15, 0.2) is 49.1 Å². The van der Waals surface area contributed by atoms with E-state index in [-0.39, 0.29) is 29.3 Å². The quantitative estimate of drug-likeness (QED) is 0.335. The normalized spacial score (nSPS) is 15.6. The van der Waals surface area contributed by atoms with Crippen molar-refractivity contribution in [1.82, 2.24) is 45.0 Å². The average Bonchev–Trinajstić information content (AvgIpc) is 3.60. The lowest BCUT2D eigenvalue weighted by molar-refractivity contribution is 0.0242. The third kappa shape index (κ3) is 7.39. The topological polar surface area (TPSA) is 145 Å². The predicted octanol–water partition coefficient (Wildman–Crippen LogP) is 4.62. The standard InChI is InChI=1S/C31H40N10O3/c1-30(2,3)41-19-26(37-38-41)27(42)35-25-12-15-40(29(43)44-31(4,5)6)14-11-20-16-21(8-9-23(20)25)24-10-13-32-28(36-24)34-22-17-33-39(7)18-22/h8-10,13,16-19,25H,11-12,14-15H2,1-7H3,(H,35,42)(H,32,34,36)/t25-/m1/s1. The van der Waals surface area contributed by atoms with Crippen LogP contribution in [0, 0.1) is 0 Å². The molecular weight excluding hydrogens is 560 g/mol. The highest BCUT2D eigenvalue weighted by molar-refractivity contribution is 5.92. The summed E-state index contributed by atoms with van der Waals surface area (Å²) in [6.07, 6.45) is 7.60. The summed E-state index contributed by atoms with van der Waals surface area (Å²) in [5, 5.41) is 18.8. The van der Waals surface area contributed by atoms with Crippen molar-refractivity contribution in [2.75, 3.05) is 18.4 Å². The molecule has 1 aromatic carbocycles. The van der Waals surface area contributed by atoms with E-state index in [0.29, 0.717) is 31.9 Å². The first-order valence-corrected chi connectivity index (χ1v) is 14.7. The molecule has 5 rings (SSSR count). The fraction of sp³-hybridized carbons (Fsp3) is 0.452. The van der Waals surface area contributed by atoms with Crippen LogP contribution in [0.2, 0.25) is 0 Å². The number of carbonyl (C=O) groups excluding carboxylic acids is 2. The molecule has 0 fully saturated rings. The van der Waals surface area contributed by atoms with Crippen LogP contribution in [0.1, 0.15) is 75.6 Å². The molecule has 3 aromatic heterocycles. The zero-order valence-corrected chi connectivity index (χ0v) is 26.3. The number of ether oxygens (including phenoxy) is 1. The highest BCUT2D eigenvalue weighted by Crippen LogP contribution is 2.30. The molecule has 1 atom stereocenters. The number of fused-ring (bicyclic) bond motifs is 1. The number of nitrogens with one attached hydrogen (secondary N) is 2. The smallest absolute Gasteiger partial charge is 0.410 e. The van der Waals surface area contributed by atoms with Crippen LogP contribution in [-0.2, 0) is 23.7 Å². The van der Waals surface area contributed by atoms with E-state index in [0.717, 1.165) is 28.1 Å². The lowest BCUT2D eigenvalue weighted by Gasteiger charge is -2.32. The molecule has 0 radical (unpaired) electrons. The number of rotatable bonds is 5. The Hall–Kier alpha value is -4.81. The predicted molar refractivity (Wildman–Crippen MR) is 165 cm³/mol. The minimum atomic E-state index is -0.619. The third-order valence-corrected chi connectivity index (χ3v) is 7.14. The van der Waals surface area contributed by atoms with Crippen LogP contribution in [0.25, 0.3) is 11.3 Å². The molecule has 2 N–H and O–H groups in total. The molecule has 0 saturated carbocycles. The van der Waals surface area contributed by atoms with Gasteiger partial charge in [0.1, 0.15) is 5.60 Å². The first-order valence-electron chi connectivity index (χ1n) is 14.7. The van der Waals surface area contributed by atoms with Crippen molar-refractivity contribution in [3.05, 3.63) is 65.9 Å². The number of benzene rings is 1. The summed E-state index contributed by atoms with van der Waals surface area (Å²) in [4.78, 5) is 37.2. The Morgan fingerprint density at radius 3 is 2.52 bits per heavy atom. The van der Waals surface area contributed by atoms with Gasteiger partial charge in [0.25, 0.3) is 5.91 Å². The van der Waals surface area contributed by atoms with Crippen molar-refractivity contribution in [2.45, 2.75) is 71.6 Å². The van der Waals surface area contributed by atoms with Gasteiger partial charge in [-0.2, -0.15) is 5.10 Å². The van der Waals surface area contributed by atoms with Crippen molar-refractivity contribution < 1.29 is 14.3 Å². The van der Waals surface area contributed by atoms with E-state index in [9.17, 15) is 9.59 Å². The molecule has 13 heteroatoms. The highest BCUT2D eigenvalue weighted by atomic mass is 16.6. The third-order valence-electron chi connectivity index (χ3n) is 7.14. The molecule has 0 unspecified atom stereocenters. The highest BCUT2D eigenvalue weighted by Gasteiger charge is 2.28. The van der Waals surface area contributed by atoms with Crippen LogP contribution in [0.3, 0.4) is 0 Å². The van der Waals surface area contributed by atoms with Crippen molar-refractivity contribution in [1.29, 1.82) is 0 Å². The van der Waals surface area contributed by atoms with Crippen LogP contribution in [0.5, 0.6) is 0 Å². The minimum Gasteiger partial charge on any atom is -0.444 e. The monoisotopic (exact) mass is 600 g/mol. The van der Waals surface area contributed by atoms with E-state index < -0.39 is 5.60 Å². The summed E-state index contributed by atoms with van der Waals surface area (Å²) in [6, 6.07) is 7.58. The lowest BCUT2D eigenvalue weighted by atomic mass is 9.91. The first-order chi connectivity index (χ1) is 20.7. The Morgan fingerprint density at radius 2 is 1.84 bits per heavy atom. The second kappa shape index (κ2) is 12.1. The molecule has 4 heterocycles. The van der Waals surface area contributed by atoms with Gasteiger partial charge in [-0.1, -0.05) is 17.3 Å². The molecule has 1 aliphatic heterocycles. The van der Waals surface area contributed by atoms with Gasteiger partial charge in [0, 0.05) is 38.1 Å². The summed E-state index contributed by atoms with van der Waals surface area (Å²) >= 11 is 0. The van der Waals surface area contributed by atoms with Crippen LogP contribution < -0.4 is 10.6 Å². The summed E-state index contributed by atoms with van der Waals surface area (Å²) in [5.41, 5.74) is 3.70. The van der Waals surface area contributed by atoms with Gasteiger partial charge in [0.15, 0.2) is 5.69 Å². The maximum absolute atomic E-state index is 13.4. The van der Waals surface area contributed by atoms with Gasteiger partial charge in [-0.25, -0.2) is 19.4 Å². The van der Waals surface area contributed by atoms with E-state index in [1.165, 1.54) is 0 Å². The molecule has 44 heavy (non-hydrogen) atoms. The van der Waals surface area contributed by atoms with Crippen molar-refractivity contribution in [3.8, 4) is 11.3 Å². The first kappa shape index (κ1) is 30.6. The average molecular weight is 601 g/mol. The number of amides is 2. The Morgan fingerprint density at radius 1 is 1.05 bits per heavy atom. The number of hydrogen-bond acceptors (Lipinski definition) is 9. The maximum atomic E-state index is 13.4. The van der Waals surface area contributed by atoms with E-state index in [1.54, 1.807) is 32.9 Å². The van der Waals surface area contributed by atoms with Crippen LogP contribution in [0.4, 0.5) is 16.4 Å². The Labute approximate surface area is 257 Å². The fourth-order valence-electron chi connectivity index (χ4n) is 4.91. The van der Waals surface area contributed by atoms with Crippen LogP contribution >= 0.6 is 0 Å². The number of aromatic nitrogens is 7. The molecule has 13 nitrogen and oxygen atoms in total. The largest absolute Gasteiger partial charge is 0.444 e. The summed E-state index contributed by atoms with van der Waals surface area (Å²) in [6.45, 7) is 12.4. The second-order valence-electron chi connectivity index (χ2n) is 13.0. The van der Waals surface area contributed by atoms with Gasteiger partial charge in [0.05, 0.1) is 35.4 Å². The van der Waals surface area contributed by atoms with E-state index in [1.807, 2.05) is 73.0 Å². The SMILES string of the molecule is Cn1cc(Nc2nccc(-c3ccc4c(c3)CCN(C(=O)OC(C)(C)C)CC[C@H]4NC(=O)c3cn(C(C)(C)C)nn3)n2)cn1. The van der Waals surface area contributed by atoms with E-state index >= 15 is 0 Å². The summed E-state index contributed by atoms with van der Waals surface area (Å²) in [5.74, 6) is 0.124. The Bertz CT molecular complexity index is 1650. The Kier molecular flexibility index (Phi) is 8.40. The van der Waals surface area contributed by atoms with Crippen molar-refractivity contribution in [3.63, 3.8) is 0 Å². The van der Waals surface area contributed by atoms with E-state index in [2.05, 4.69) is 37.1 Å². The number of anilines is 2. The minimum absolute atomic E-state index is 0.235. The molecular formula is C31H40N10O3. The van der Waals surface area contributed by atoms with Gasteiger partial charge >= 0.3 is 6.09 Å². The molecule has 0 saturated heterocycles. The molecule has 232 valence electrons. The van der Waals surface area contributed by atoms with Gasteiger partial charge < -0.3 is 20.3 Å². The maximum Gasteiger partial charge on any atom is 0.410 e. The number of carbonyl (C=O) groups is 2. The number of nitrogens with zero attached hydrogens (tertiary/aromatic N) is 8. The number of aryl methyl sites for hydroxylation is 1. The molecule has 0 spiro atoms. The fourth-order valence-corrected chi connectivity index (χ4v) is 4.91. The second-order valence-corrected chi connectivity index (χ2v) is 13.0. The van der Waals surface area contributed by atoms with E-state index in [4.69, 9.17) is 9.72 Å².